The van der Waals surface area contributed by atoms with Crippen molar-refractivity contribution in [2.45, 2.75) is 117 Å². The lowest BCUT2D eigenvalue weighted by atomic mass is 9.40. The lowest BCUT2D eigenvalue weighted by Crippen LogP contribution is -2.61. The van der Waals surface area contributed by atoms with Gasteiger partial charge in [0.15, 0.2) is 0 Å². The van der Waals surface area contributed by atoms with Crippen LogP contribution in [-0.2, 0) is 19.1 Å². The summed E-state index contributed by atoms with van der Waals surface area (Å²) in [6.45, 7) is 12.0. The molecular formula is C26H42O5. The Morgan fingerprint density at radius 3 is 2.13 bits per heavy atom. The summed E-state index contributed by atoms with van der Waals surface area (Å²) < 4.78 is 11.2. The average Bonchev–Trinajstić information content (AvgIpc) is 2.94. The van der Waals surface area contributed by atoms with Crippen LogP contribution < -0.4 is 0 Å². The molecule has 0 unspecified atom stereocenters. The van der Waals surface area contributed by atoms with Crippen LogP contribution in [0.1, 0.15) is 99.3 Å². The summed E-state index contributed by atoms with van der Waals surface area (Å²) in [7, 11) is 0. The van der Waals surface area contributed by atoms with Crippen LogP contribution in [0.5, 0.6) is 0 Å². The number of carbonyl (C=O) groups excluding carboxylic acids is 2. The molecular weight excluding hydrogens is 392 g/mol. The van der Waals surface area contributed by atoms with Gasteiger partial charge < -0.3 is 14.6 Å². The lowest BCUT2D eigenvalue weighted by Gasteiger charge is -2.65. The van der Waals surface area contributed by atoms with Crippen LogP contribution in [0.4, 0.5) is 0 Å². The molecule has 0 saturated heterocycles. The van der Waals surface area contributed by atoms with Gasteiger partial charge in [-0.2, -0.15) is 0 Å². The van der Waals surface area contributed by atoms with Gasteiger partial charge in [0.05, 0.1) is 0 Å². The van der Waals surface area contributed by atoms with E-state index in [1.807, 2.05) is 6.92 Å². The summed E-state index contributed by atoms with van der Waals surface area (Å²) in [4.78, 5) is 23.2. The number of hydrogen-bond acceptors (Lipinski definition) is 5. The monoisotopic (exact) mass is 434 g/mol. The summed E-state index contributed by atoms with van der Waals surface area (Å²) in [5, 5.41) is 11.8. The van der Waals surface area contributed by atoms with Gasteiger partial charge in [-0.25, -0.2) is 0 Å². The van der Waals surface area contributed by atoms with E-state index in [1.54, 1.807) is 0 Å². The fourth-order valence-electron chi connectivity index (χ4n) is 8.99. The molecule has 4 rings (SSSR count). The minimum absolute atomic E-state index is 0.0575. The zero-order valence-electron chi connectivity index (χ0n) is 20.3. The molecule has 4 fully saturated rings. The van der Waals surface area contributed by atoms with Gasteiger partial charge in [0.1, 0.15) is 17.8 Å². The fourth-order valence-corrected chi connectivity index (χ4v) is 8.99. The molecule has 0 aromatic carbocycles. The maximum Gasteiger partial charge on any atom is 0.302 e. The molecule has 0 radical (unpaired) electrons. The topological polar surface area (TPSA) is 72.8 Å². The highest BCUT2D eigenvalue weighted by Crippen LogP contribution is 2.71. The van der Waals surface area contributed by atoms with Gasteiger partial charge in [0, 0.05) is 19.3 Å². The van der Waals surface area contributed by atoms with E-state index in [2.05, 4.69) is 20.8 Å². The highest BCUT2D eigenvalue weighted by molar-refractivity contribution is 5.66. The van der Waals surface area contributed by atoms with Crippen LogP contribution in [0.2, 0.25) is 0 Å². The van der Waals surface area contributed by atoms with E-state index >= 15 is 0 Å². The molecule has 4 saturated carbocycles. The minimum atomic E-state index is -0.942. The maximum absolute atomic E-state index is 11.8. The van der Waals surface area contributed by atoms with Crippen LogP contribution in [0, 0.1) is 34.0 Å². The third-order valence-corrected chi connectivity index (χ3v) is 10.9. The Bertz CT molecular complexity index is 750. The van der Waals surface area contributed by atoms with Crippen molar-refractivity contribution >= 4 is 11.9 Å². The number of carbonyl (C=O) groups is 2. The van der Waals surface area contributed by atoms with Crippen molar-refractivity contribution in [1.82, 2.24) is 0 Å². The molecule has 0 bridgehead atoms. The van der Waals surface area contributed by atoms with E-state index < -0.39 is 11.7 Å². The molecule has 0 aliphatic heterocycles. The van der Waals surface area contributed by atoms with E-state index in [0.717, 1.165) is 44.9 Å². The van der Waals surface area contributed by atoms with Crippen molar-refractivity contribution in [3.8, 4) is 0 Å². The summed E-state index contributed by atoms with van der Waals surface area (Å²) in [6.07, 6.45) is 8.82. The average molecular weight is 435 g/mol. The first-order valence-corrected chi connectivity index (χ1v) is 12.4. The Morgan fingerprint density at radius 1 is 0.871 bits per heavy atom. The van der Waals surface area contributed by atoms with Gasteiger partial charge in [0.2, 0.25) is 0 Å². The molecule has 9 atom stereocenters. The molecule has 31 heavy (non-hydrogen) atoms. The van der Waals surface area contributed by atoms with Crippen LogP contribution in [-0.4, -0.2) is 34.9 Å². The molecule has 0 heterocycles. The van der Waals surface area contributed by atoms with Crippen molar-refractivity contribution in [3.05, 3.63) is 0 Å². The Kier molecular flexibility index (Phi) is 5.55. The molecule has 4 aliphatic carbocycles. The van der Waals surface area contributed by atoms with Crippen molar-refractivity contribution in [1.29, 1.82) is 0 Å². The Balaban J connectivity index is 1.58. The van der Waals surface area contributed by atoms with Gasteiger partial charge in [0.25, 0.3) is 0 Å². The van der Waals surface area contributed by atoms with E-state index in [-0.39, 0.29) is 34.3 Å². The Hall–Kier alpha value is -1.10. The lowest BCUT2D eigenvalue weighted by molar-refractivity contribution is -0.212. The van der Waals surface area contributed by atoms with Gasteiger partial charge >= 0.3 is 11.9 Å². The number of ether oxygens (including phenoxy) is 2. The molecule has 0 aromatic heterocycles. The van der Waals surface area contributed by atoms with Crippen molar-refractivity contribution in [3.63, 3.8) is 0 Å². The second kappa shape index (κ2) is 7.46. The molecule has 1 N–H and O–H groups in total. The minimum Gasteiger partial charge on any atom is -0.463 e. The molecule has 0 amide bonds. The van der Waals surface area contributed by atoms with E-state index in [0.29, 0.717) is 24.2 Å². The van der Waals surface area contributed by atoms with E-state index in [4.69, 9.17) is 9.47 Å². The number of aliphatic hydroxyl groups is 1. The zero-order valence-corrected chi connectivity index (χ0v) is 20.3. The van der Waals surface area contributed by atoms with Gasteiger partial charge in [-0.3, -0.25) is 9.59 Å². The third kappa shape index (κ3) is 3.28. The van der Waals surface area contributed by atoms with Crippen molar-refractivity contribution in [2.24, 2.45) is 34.0 Å². The molecule has 4 aliphatic rings. The SMILES string of the molecule is CC(=O)O[C@@H]1CC[C@]2(C)[C@H]3CC[C@@]4(C)[C@@H](CC[C@]4(O)[C@H](C)OC(C)=O)[C@@H]3CC[C@]2(C)C1. The molecule has 5 heteroatoms. The van der Waals surface area contributed by atoms with E-state index in [9.17, 15) is 14.7 Å². The largest absolute Gasteiger partial charge is 0.463 e. The number of esters is 2. The van der Waals surface area contributed by atoms with Gasteiger partial charge in [-0.15, -0.1) is 0 Å². The normalized spacial score (nSPS) is 49.9. The van der Waals surface area contributed by atoms with Crippen LogP contribution in [0.3, 0.4) is 0 Å². The highest BCUT2D eigenvalue weighted by atomic mass is 16.6. The summed E-state index contributed by atoms with van der Waals surface area (Å²) in [5.41, 5.74) is -0.707. The Morgan fingerprint density at radius 2 is 1.48 bits per heavy atom. The summed E-state index contributed by atoms with van der Waals surface area (Å²) in [6, 6.07) is 0. The summed E-state index contributed by atoms with van der Waals surface area (Å²) in [5.74, 6) is 1.26. The van der Waals surface area contributed by atoms with Crippen molar-refractivity contribution in [2.75, 3.05) is 0 Å². The predicted octanol–water partition coefficient (Wildman–Crippen LogP) is 5.03. The quantitative estimate of drug-likeness (QED) is 0.631. The number of fused-ring (bicyclic) bond motifs is 5. The van der Waals surface area contributed by atoms with Crippen LogP contribution in [0.25, 0.3) is 0 Å². The number of rotatable bonds is 3. The van der Waals surface area contributed by atoms with Gasteiger partial charge in [-0.1, -0.05) is 20.8 Å². The summed E-state index contributed by atoms with van der Waals surface area (Å²) >= 11 is 0. The van der Waals surface area contributed by atoms with Gasteiger partial charge in [-0.05, 0) is 93.3 Å². The number of hydrogen-bond donors (Lipinski definition) is 1. The molecule has 0 aromatic rings. The van der Waals surface area contributed by atoms with E-state index in [1.165, 1.54) is 20.3 Å². The second-order valence-corrected chi connectivity index (χ2v) is 12.0. The molecule has 5 nitrogen and oxygen atoms in total. The molecule has 0 spiro atoms. The predicted molar refractivity (Wildman–Crippen MR) is 118 cm³/mol. The van der Waals surface area contributed by atoms with Crippen LogP contribution >= 0.6 is 0 Å². The zero-order chi connectivity index (χ0) is 22.8. The first-order chi connectivity index (χ1) is 14.4. The van der Waals surface area contributed by atoms with Crippen LogP contribution in [0.15, 0.2) is 0 Å². The first kappa shape index (κ1) is 23.1. The fraction of sp³-hybridized carbons (Fsp3) is 0.923. The second-order valence-electron chi connectivity index (χ2n) is 12.0. The smallest absolute Gasteiger partial charge is 0.302 e. The highest BCUT2D eigenvalue weighted by Gasteiger charge is 2.68. The Labute approximate surface area is 187 Å². The standard InChI is InChI=1S/C26H42O5/c1-16(30-17(2)27)26(29)14-10-22-20-8-11-23(4)15-19(31-18(3)28)7-12-24(23,5)21(20)9-13-25(22,26)6/h16,19-22,29H,7-15H2,1-6H3/t16-,19+,20+,21-,22-,23+,24+,25-,26-/m0/s1. The maximum atomic E-state index is 11.8. The first-order valence-electron chi connectivity index (χ1n) is 12.4. The third-order valence-electron chi connectivity index (χ3n) is 10.9. The van der Waals surface area contributed by atoms with Crippen molar-refractivity contribution < 1.29 is 24.2 Å². The molecule has 176 valence electrons.